The van der Waals surface area contributed by atoms with Crippen LogP contribution in [-0.4, -0.2) is 0 Å². The van der Waals surface area contributed by atoms with Crippen LogP contribution in [0.3, 0.4) is 0 Å². The molecule has 0 N–H and O–H groups in total. The zero-order chi connectivity index (χ0) is 23.6. The van der Waals surface area contributed by atoms with E-state index in [1.807, 2.05) is 11.3 Å². The first-order valence-electron chi connectivity index (χ1n) is 12.2. The normalized spacial score (nSPS) is 11.9. The van der Waals surface area contributed by atoms with Crippen molar-refractivity contribution in [2.45, 2.75) is 0 Å². The third kappa shape index (κ3) is 2.89. The Morgan fingerprint density at radius 2 is 1.06 bits per heavy atom. The molecule has 1 nitrogen and oxygen atoms in total. The number of rotatable bonds is 2. The molecular weight excluding hydrogens is 456 g/mol. The molecule has 0 saturated carbocycles. The quantitative estimate of drug-likeness (QED) is 0.242. The monoisotopic (exact) mass is 476 g/mol. The second kappa shape index (κ2) is 7.55. The van der Waals surface area contributed by atoms with Gasteiger partial charge in [0.05, 0.1) is 4.70 Å². The lowest BCUT2D eigenvalue weighted by atomic mass is 9.98. The predicted octanol–water partition coefficient (Wildman–Crippen LogP) is 10.4. The highest BCUT2D eigenvalue weighted by atomic mass is 32.1. The Balaban J connectivity index is 1.29. The maximum Gasteiger partial charge on any atom is 0.154 e. The zero-order valence-corrected chi connectivity index (χ0v) is 20.2. The SMILES string of the molecule is c1ccc2c(-c3ccc4c(c3)oc3c5ccc(-c6cccc7ccccc67)cc5sc43)cccc2c1. The highest BCUT2D eigenvalue weighted by Gasteiger charge is 2.16. The molecule has 0 atom stereocenters. The summed E-state index contributed by atoms with van der Waals surface area (Å²) in [6, 6.07) is 43.6. The van der Waals surface area contributed by atoms with Gasteiger partial charge in [0.15, 0.2) is 5.58 Å². The average molecular weight is 477 g/mol. The molecule has 8 aromatic rings. The number of thiophene rings is 1. The van der Waals surface area contributed by atoms with Gasteiger partial charge in [-0.2, -0.15) is 0 Å². The first-order valence-corrected chi connectivity index (χ1v) is 13.0. The fraction of sp³-hybridized carbons (Fsp3) is 0. The molecule has 8 rings (SSSR count). The summed E-state index contributed by atoms with van der Waals surface area (Å²) < 4.78 is 8.99. The summed E-state index contributed by atoms with van der Waals surface area (Å²) in [5, 5.41) is 7.43. The molecule has 2 aromatic heterocycles. The largest absolute Gasteiger partial charge is 0.454 e. The highest BCUT2D eigenvalue weighted by molar-refractivity contribution is 7.26. The number of hydrogen-bond donors (Lipinski definition) is 0. The van der Waals surface area contributed by atoms with Crippen molar-refractivity contribution in [2.75, 3.05) is 0 Å². The van der Waals surface area contributed by atoms with Gasteiger partial charge in [-0.25, -0.2) is 0 Å². The van der Waals surface area contributed by atoms with Crippen LogP contribution >= 0.6 is 11.3 Å². The second-order valence-corrected chi connectivity index (χ2v) is 10.4. The maximum atomic E-state index is 6.51. The van der Waals surface area contributed by atoms with Crippen LogP contribution < -0.4 is 0 Å². The van der Waals surface area contributed by atoms with Crippen LogP contribution in [0.1, 0.15) is 0 Å². The summed E-state index contributed by atoms with van der Waals surface area (Å²) in [6.07, 6.45) is 0. The van der Waals surface area contributed by atoms with Gasteiger partial charge in [-0.15, -0.1) is 11.3 Å². The van der Waals surface area contributed by atoms with Crippen molar-refractivity contribution in [1.29, 1.82) is 0 Å². The summed E-state index contributed by atoms with van der Waals surface area (Å²) in [5.41, 5.74) is 6.87. The third-order valence-electron chi connectivity index (χ3n) is 7.28. The van der Waals surface area contributed by atoms with Gasteiger partial charge in [-0.05, 0) is 68.1 Å². The summed E-state index contributed by atoms with van der Waals surface area (Å²) >= 11 is 1.82. The molecule has 0 saturated heterocycles. The van der Waals surface area contributed by atoms with E-state index in [0.717, 1.165) is 11.2 Å². The average Bonchev–Trinajstić information content (AvgIpc) is 3.47. The lowest BCUT2D eigenvalue weighted by Gasteiger charge is -2.07. The van der Waals surface area contributed by atoms with Crippen molar-refractivity contribution in [2.24, 2.45) is 0 Å². The number of benzene rings is 6. The molecule has 0 aliphatic heterocycles. The van der Waals surface area contributed by atoms with Crippen molar-refractivity contribution < 1.29 is 4.42 Å². The molecule has 0 aliphatic rings. The molecular formula is C34H20OS. The minimum atomic E-state index is 0.946. The van der Waals surface area contributed by atoms with Gasteiger partial charge < -0.3 is 4.42 Å². The van der Waals surface area contributed by atoms with Crippen LogP contribution in [-0.2, 0) is 0 Å². The Morgan fingerprint density at radius 3 is 1.75 bits per heavy atom. The Kier molecular flexibility index (Phi) is 4.16. The van der Waals surface area contributed by atoms with Gasteiger partial charge in [-0.1, -0.05) is 97.1 Å². The van der Waals surface area contributed by atoms with E-state index in [2.05, 4.69) is 121 Å². The molecule has 0 radical (unpaired) electrons. The van der Waals surface area contributed by atoms with E-state index in [-0.39, 0.29) is 0 Å². The molecule has 6 aromatic carbocycles. The van der Waals surface area contributed by atoms with Crippen LogP contribution in [0.15, 0.2) is 126 Å². The fourth-order valence-corrected chi connectivity index (χ4v) is 6.74. The summed E-state index contributed by atoms with van der Waals surface area (Å²) in [5.74, 6) is 0. The Hall–Kier alpha value is -4.40. The maximum absolute atomic E-state index is 6.51. The fourth-order valence-electron chi connectivity index (χ4n) is 5.55. The molecule has 0 spiro atoms. The topological polar surface area (TPSA) is 13.1 Å². The molecule has 2 heteroatoms. The second-order valence-electron chi connectivity index (χ2n) is 9.34. The van der Waals surface area contributed by atoms with Crippen LogP contribution in [0, 0.1) is 0 Å². The van der Waals surface area contributed by atoms with Gasteiger partial charge in [0.1, 0.15) is 5.58 Å². The van der Waals surface area contributed by atoms with Gasteiger partial charge in [-0.3, -0.25) is 0 Å². The third-order valence-corrected chi connectivity index (χ3v) is 8.45. The number of fused-ring (bicyclic) bond motifs is 7. The standard InChI is InChI=1S/C34H20OS/c1-3-11-25-21(7-1)9-5-13-27(25)23-15-17-29-31(19-23)35-33-30-18-16-24(20-32(30)36-34(29)33)28-14-6-10-22-8-2-4-12-26(22)28/h1-20H. The lowest BCUT2D eigenvalue weighted by molar-refractivity contribution is 0.673. The number of hydrogen-bond acceptors (Lipinski definition) is 2. The molecule has 0 unspecified atom stereocenters. The van der Waals surface area contributed by atoms with Crippen LogP contribution in [0.2, 0.25) is 0 Å². The molecule has 168 valence electrons. The minimum Gasteiger partial charge on any atom is -0.454 e. The predicted molar refractivity (Wildman–Crippen MR) is 155 cm³/mol. The Bertz CT molecular complexity index is 1940. The van der Waals surface area contributed by atoms with Crippen LogP contribution in [0.4, 0.5) is 0 Å². The van der Waals surface area contributed by atoms with Crippen LogP contribution in [0.5, 0.6) is 0 Å². The van der Waals surface area contributed by atoms with E-state index >= 15 is 0 Å². The smallest absolute Gasteiger partial charge is 0.154 e. The summed E-state index contributed by atoms with van der Waals surface area (Å²) in [7, 11) is 0. The van der Waals surface area contributed by atoms with Crippen molar-refractivity contribution in [3.05, 3.63) is 121 Å². The van der Waals surface area contributed by atoms with Gasteiger partial charge in [0.25, 0.3) is 0 Å². The van der Waals surface area contributed by atoms with Crippen molar-refractivity contribution in [1.82, 2.24) is 0 Å². The molecule has 2 heterocycles. The highest BCUT2D eigenvalue weighted by Crippen LogP contribution is 2.43. The van der Waals surface area contributed by atoms with Gasteiger partial charge in [0, 0.05) is 15.5 Å². The van der Waals surface area contributed by atoms with E-state index in [1.54, 1.807) is 0 Å². The molecule has 0 bridgehead atoms. The minimum absolute atomic E-state index is 0.946. The van der Waals surface area contributed by atoms with E-state index in [0.29, 0.717) is 0 Å². The van der Waals surface area contributed by atoms with Crippen molar-refractivity contribution in [3.8, 4) is 22.3 Å². The van der Waals surface area contributed by atoms with E-state index in [1.165, 1.54) is 64.0 Å². The van der Waals surface area contributed by atoms with E-state index in [4.69, 9.17) is 4.42 Å². The first kappa shape index (κ1) is 19.9. The van der Waals surface area contributed by atoms with Crippen LogP contribution in [0.25, 0.3) is 75.1 Å². The van der Waals surface area contributed by atoms with E-state index < -0.39 is 0 Å². The lowest BCUT2D eigenvalue weighted by Crippen LogP contribution is -1.81. The van der Waals surface area contributed by atoms with E-state index in [9.17, 15) is 0 Å². The van der Waals surface area contributed by atoms with Crippen molar-refractivity contribution in [3.63, 3.8) is 0 Å². The summed E-state index contributed by atoms with van der Waals surface area (Å²) in [4.78, 5) is 0. The van der Waals surface area contributed by atoms with Gasteiger partial charge in [0.2, 0.25) is 0 Å². The summed E-state index contributed by atoms with van der Waals surface area (Å²) in [6.45, 7) is 0. The molecule has 36 heavy (non-hydrogen) atoms. The Morgan fingerprint density at radius 1 is 0.472 bits per heavy atom. The number of furan rings is 1. The molecule has 0 aliphatic carbocycles. The Labute approximate surface area is 211 Å². The van der Waals surface area contributed by atoms with Crippen molar-refractivity contribution >= 4 is 64.2 Å². The zero-order valence-electron chi connectivity index (χ0n) is 19.4. The van der Waals surface area contributed by atoms with Gasteiger partial charge >= 0.3 is 0 Å². The molecule has 0 fully saturated rings. The first-order chi connectivity index (χ1) is 17.8. The molecule has 0 amide bonds.